The third kappa shape index (κ3) is 4.12. The van der Waals surface area contributed by atoms with Gasteiger partial charge in [0.05, 0.1) is 0 Å². The van der Waals surface area contributed by atoms with E-state index in [1.54, 1.807) is 0 Å². The molecule has 1 aliphatic rings. The first-order valence-electron chi connectivity index (χ1n) is 6.68. The number of hydrogen-bond acceptors (Lipinski definition) is 2. The summed E-state index contributed by atoms with van der Waals surface area (Å²) in [6.45, 7) is 6.68. The normalized spacial score (nSPS) is 26.9. The molecule has 0 aromatic carbocycles. The quantitative estimate of drug-likeness (QED) is 0.705. The first kappa shape index (κ1) is 13.5. The highest BCUT2D eigenvalue weighted by Gasteiger charge is 2.27. The van der Waals surface area contributed by atoms with Crippen LogP contribution < -0.4 is 5.73 Å². The molecule has 2 atom stereocenters. The lowest BCUT2D eigenvalue weighted by molar-refractivity contribution is -0.123. The van der Waals surface area contributed by atoms with Gasteiger partial charge in [-0.15, -0.1) is 0 Å². The molecule has 0 aromatic rings. The fraction of sp³-hybridized carbons (Fsp3) is 0.923. The van der Waals surface area contributed by atoms with Crippen molar-refractivity contribution in [2.24, 2.45) is 11.7 Å². The first-order valence-corrected chi connectivity index (χ1v) is 6.68. The van der Waals surface area contributed by atoms with E-state index in [0.29, 0.717) is 6.04 Å². The molecule has 1 rings (SSSR count). The number of carbonyl (C=O) groups is 1. The van der Waals surface area contributed by atoms with Crippen molar-refractivity contribution < 1.29 is 4.79 Å². The van der Waals surface area contributed by atoms with E-state index in [-0.39, 0.29) is 11.8 Å². The zero-order valence-electron chi connectivity index (χ0n) is 10.7. The molecule has 16 heavy (non-hydrogen) atoms. The number of rotatable bonds is 6. The third-order valence-corrected chi connectivity index (χ3v) is 3.72. The molecule has 3 heteroatoms. The molecule has 0 spiro atoms. The minimum atomic E-state index is -0.113. The van der Waals surface area contributed by atoms with E-state index in [4.69, 9.17) is 5.73 Å². The first-order chi connectivity index (χ1) is 7.65. The van der Waals surface area contributed by atoms with Crippen molar-refractivity contribution in [3.8, 4) is 0 Å². The molecule has 0 aliphatic carbocycles. The Morgan fingerprint density at radius 3 is 2.69 bits per heavy atom. The lowest BCUT2D eigenvalue weighted by atomic mass is 9.91. The lowest BCUT2D eigenvalue weighted by Gasteiger charge is -2.36. The Labute approximate surface area is 99.4 Å². The van der Waals surface area contributed by atoms with Gasteiger partial charge in [-0.2, -0.15) is 0 Å². The van der Waals surface area contributed by atoms with E-state index >= 15 is 0 Å². The number of likely N-dealkylation sites (tertiary alicyclic amines) is 1. The van der Waals surface area contributed by atoms with Crippen LogP contribution in [0.2, 0.25) is 0 Å². The highest BCUT2D eigenvalue weighted by atomic mass is 16.1. The second-order valence-corrected chi connectivity index (χ2v) is 5.07. The summed E-state index contributed by atoms with van der Waals surface area (Å²) in [6.07, 6.45) is 7.15. The van der Waals surface area contributed by atoms with Crippen LogP contribution in [0, 0.1) is 5.92 Å². The second-order valence-electron chi connectivity index (χ2n) is 5.07. The van der Waals surface area contributed by atoms with Gasteiger partial charge in [0.25, 0.3) is 0 Å². The van der Waals surface area contributed by atoms with Crippen molar-refractivity contribution in [2.75, 3.05) is 13.1 Å². The maximum absolute atomic E-state index is 11.1. The summed E-state index contributed by atoms with van der Waals surface area (Å²) in [5.74, 6) is -0.000579. The van der Waals surface area contributed by atoms with Gasteiger partial charge in [-0.25, -0.2) is 0 Å². The smallest absolute Gasteiger partial charge is 0.220 e. The summed E-state index contributed by atoms with van der Waals surface area (Å²) >= 11 is 0. The van der Waals surface area contributed by atoms with Crippen LogP contribution in [0.25, 0.3) is 0 Å². The van der Waals surface area contributed by atoms with Gasteiger partial charge in [-0.1, -0.05) is 26.2 Å². The number of unbranched alkanes of at least 4 members (excludes halogenated alkanes) is 3. The van der Waals surface area contributed by atoms with Crippen molar-refractivity contribution in [3.05, 3.63) is 0 Å². The highest BCUT2D eigenvalue weighted by Crippen LogP contribution is 2.22. The number of nitrogens with zero attached hydrogens (tertiary/aromatic N) is 1. The summed E-state index contributed by atoms with van der Waals surface area (Å²) in [6, 6.07) is 0.521. The molecule has 2 N–H and O–H groups in total. The molecule has 0 saturated carbocycles. The minimum Gasteiger partial charge on any atom is -0.369 e. The number of carbonyl (C=O) groups excluding carboxylic acids is 1. The third-order valence-electron chi connectivity index (χ3n) is 3.72. The van der Waals surface area contributed by atoms with Gasteiger partial charge in [0.1, 0.15) is 0 Å². The van der Waals surface area contributed by atoms with E-state index in [1.807, 2.05) is 0 Å². The zero-order chi connectivity index (χ0) is 12.0. The maximum Gasteiger partial charge on any atom is 0.220 e. The van der Waals surface area contributed by atoms with Gasteiger partial charge in [0.15, 0.2) is 0 Å². The fourth-order valence-electron chi connectivity index (χ4n) is 2.55. The number of nitrogens with two attached hydrogens (primary N) is 1. The van der Waals surface area contributed by atoms with Gasteiger partial charge in [-0.05, 0) is 39.3 Å². The molecule has 1 saturated heterocycles. The Bertz CT molecular complexity index is 218. The topological polar surface area (TPSA) is 46.3 Å². The molecule has 1 heterocycles. The largest absolute Gasteiger partial charge is 0.369 e. The predicted octanol–water partition coefficient (Wildman–Crippen LogP) is 2.15. The molecule has 94 valence electrons. The molecule has 0 bridgehead atoms. The van der Waals surface area contributed by atoms with Crippen LogP contribution in [0.4, 0.5) is 0 Å². The Balaban J connectivity index is 2.22. The van der Waals surface area contributed by atoms with E-state index in [9.17, 15) is 4.79 Å². The lowest BCUT2D eigenvalue weighted by Crippen LogP contribution is -2.44. The summed E-state index contributed by atoms with van der Waals surface area (Å²) in [5.41, 5.74) is 5.36. The molecule has 2 unspecified atom stereocenters. The molecular formula is C13H26N2O. The monoisotopic (exact) mass is 226 g/mol. The SMILES string of the molecule is CCCCCCN1CCC(C(N)=O)CC1C. The summed E-state index contributed by atoms with van der Waals surface area (Å²) < 4.78 is 0. The Kier molecular flexibility index (Phi) is 5.81. The van der Waals surface area contributed by atoms with Crippen LogP contribution in [-0.2, 0) is 4.79 Å². The standard InChI is InChI=1S/C13H26N2O/c1-3-4-5-6-8-15-9-7-12(13(14)16)10-11(15)2/h11-12H,3-10H2,1-2H3,(H2,14,16). The zero-order valence-corrected chi connectivity index (χ0v) is 10.7. The van der Waals surface area contributed by atoms with Crippen molar-refractivity contribution in [1.29, 1.82) is 0 Å². The van der Waals surface area contributed by atoms with Crippen LogP contribution in [0.15, 0.2) is 0 Å². The average molecular weight is 226 g/mol. The Hall–Kier alpha value is -0.570. The second kappa shape index (κ2) is 6.89. The summed E-state index contributed by atoms with van der Waals surface area (Å²) in [5, 5.41) is 0. The van der Waals surface area contributed by atoms with Crippen molar-refractivity contribution >= 4 is 5.91 Å². The molecule has 0 radical (unpaired) electrons. The van der Waals surface area contributed by atoms with Gasteiger partial charge >= 0.3 is 0 Å². The minimum absolute atomic E-state index is 0.113. The van der Waals surface area contributed by atoms with E-state index < -0.39 is 0 Å². The molecular weight excluding hydrogens is 200 g/mol. The van der Waals surface area contributed by atoms with Gasteiger partial charge < -0.3 is 10.6 Å². The molecule has 1 fully saturated rings. The van der Waals surface area contributed by atoms with Gasteiger partial charge in [0, 0.05) is 12.0 Å². The fourth-order valence-corrected chi connectivity index (χ4v) is 2.55. The highest BCUT2D eigenvalue weighted by molar-refractivity contribution is 5.76. The summed E-state index contributed by atoms with van der Waals surface area (Å²) in [7, 11) is 0. The Morgan fingerprint density at radius 2 is 2.12 bits per heavy atom. The van der Waals surface area contributed by atoms with E-state index in [2.05, 4.69) is 18.7 Å². The maximum atomic E-state index is 11.1. The van der Waals surface area contributed by atoms with Crippen LogP contribution in [0.1, 0.15) is 52.4 Å². The van der Waals surface area contributed by atoms with Crippen molar-refractivity contribution in [2.45, 2.75) is 58.4 Å². The summed E-state index contributed by atoms with van der Waals surface area (Å²) in [4.78, 5) is 13.6. The van der Waals surface area contributed by atoms with E-state index in [1.165, 1.54) is 32.2 Å². The van der Waals surface area contributed by atoms with Crippen LogP contribution in [0.5, 0.6) is 0 Å². The molecule has 1 aliphatic heterocycles. The number of hydrogen-bond donors (Lipinski definition) is 1. The van der Waals surface area contributed by atoms with E-state index in [0.717, 1.165) is 19.4 Å². The van der Waals surface area contributed by atoms with Crippen molar-refractivity contribution in [3.63, 3.8) is 0 Å². The number of piperidine rings is 1. The number of primary amides is 1. The molecule has 0 aromatic heterocycles. The van der Waals surface area contributed by atoms with Crippen LogP contribution >= 0.6 is 0 Å². The van der Waals surface area contributed by atoms with Gasteiger partial charge in [-0.3, -0.25) is 4.79 Å². The average Bonchev–Trinajstić information content (AvgIpc) is 2.26. The molecule has 3 nitrogen and oxygen atoms in total. The molecule has 1 amide bonds. The van der Waals surface area contributed by atoms with Crippen LogP contribution in [-0.4, -0.2) is 29.9 Å². The van der Waals surface area contributed by atoms with Crippen molar-refractivity contribution in [1.82, 2.24) is 4.90 Å². The van der Waals surface area contributed by atoms with Crippen LogP contribution in [0.3, 0.4) is 0 Å². The number of amides is 1. The predicted molar refractivity (Wildman–Crippen MR) is 67.1 cm³/mol. The Morgan fingerprint density at radius 1 is 1.38 bits per heavy atom. The van der Waals surface area contributed by atoms with Gasteiger partial charge in [0.2, 0.25) is 5.91 Å².